The quantitative estimate of drug-likeness (QED) is 0.802. The lowest BCUT2D eigenvalue weighted by Gasteiger charge is -2.34. The summed E-state index contributed by atoms with van der Waals surface area (Å²) in [4.78, 5) is 10.1. The first kappa shape index (κ1) is 18.1. The lowest BCUT2D eigenvalue weighted by atomic mass is 9.98. The Morgan fingerprint density at radius 3 is 2.88 bits per heavy atom. The Balaban J connectivity index is 2.01. The second kappa shape index (κ2) is 7.25. The summed E-state index contributed by atoms with van der Waals surface area (Å²) in [6, 6.07) is 2.13. The molecule has 5 nitrogen and oxygen atoms in total. The number of nitrogens with one attached hydrogen (secondary N) is 1. The average molecular weight is 372 g/mol. The number of hydrogen-bond donors (Lipinski definition) is 2. The molecule has 136 valence electrons. The second-order valence-electron chi connectivity index (χ2n) is 6.06. The van der Waals surface area contributed by atoms with Crippen LogP contribution in [0.15, 0.2) is 18.5 Å². The van der Waals surface area contributed by atoms with Gasteiger partial charge < -0.3 is 10.0 Å². The minimum atomic E-state index is -4.63. The summed E-state index contributed by atoms with van der Waals surface area (Å²) in [7, 11) is 0. The molecule has 0 radical (unpaired) electrons. The first-order valence-electron chi connectivity index (χ1n) is 7.96. The molecule has 0 amide bonds. The summed E-state index contributed by atoms with van der Waals surface area (Å²) in [6.07, 6.45) is 0.625. The van der Waals surface area contributed by atoms with E-state index in [1.165, 1.54) is 12.4 Å². The highest BCUT2D eigenvalue weighted by Gasteiger charge is 2.35. The zero-order valence-electron chi connectivity index (χ0n) is 13.7. The van der Waals surface area contributed by atoms with Crippen LogP contribution in [0.3, 0.4) is 0 Å². The molecule has 2 aromatic rings. The number of benzene rings is 1. The van der Waals surface area contributed by atoms with Crippen molar-refractivity contribution in [2.45, 2.75) is 19.0 Å². The third kappa shape index (κ3) is 3.77. The Bertz CT molecular complexity index is 756. The van der Waals surface area contributed by atoms with Gasteiger partial charge in [-0.15, -0.1) is 0 Å². The van der Waals surface area contributed by atoms with E-state index < -0.39 is 17.5 Å². The molecule has 1 aliphatic heterocycles. The number of nitrogens with zero attached hydrogens (tertiary/aromatic N) is 3. The highest BCUT2D eigenvalue weighted by molar-refractivity contribution is 7.96. The van der Waals surface area contributed by atoms with Crippen molar-refractivity contribution in [3.05, 3.63) is 24.0 Å². The highest BCUT2D eigenvalue weighted by Crippen LogP contribution is 2.42. The molecule has 2 heterocycles. The molecule has 3 rings (SSSR count). The lowest BCUT2D eigenvalue weighted by Crippen LogP contribution is -2.39. The van der Waals surface area contributed by atoms with Gasteiger partial charge in [0.15, 0.2) is 0 Å². The molecular weight excluding hydrogens is 353 g/mol. The maximum atomic E-state index is 13.1. The van der Waals surface area contributed by atoms with Crippen LogP contribution in [-0.2, 0) is 6.18 Å². The van der Waals surface area contributed by atoms with Crippen molar-refractivity contribution in [2.75, 3.05) is 30.8 Å². The van der Waals surface area contributed by atoms with E-state index in [1.54, 1.807) is 11.9 Å². The van der Waals surface area contributed by atoms with Crippen molar-refractivity contribution < 1.29 is 18.3 Å². The summed E-state index contributed by atoms with van der Waals surface area (Å²) in [5, 5.41) is 10.3. The topological polar surface area (TPSA) is 61.3 Å². The smallest absolute Gasteiger partial charge is 0.419 e. The van der Waals surface area contributed by atoms with E-state index >= 15 is 0 Å². The van der Waals surface area contributed by atoms with E-state index in [0.29, 0.717) is 30.3 Å². The molecule has 1 saturated heterocycles. The van der Waals surface area contributed by atoms with Crippen molar-refractivity contribution in [2.24, 2.45) is 5.92 Å². The normalized spacial score (nSPS) is 18.7. The fourth-order valence-corrected chi connectivity index (χ4v) is 3.61. The molecule has 9 heteroatoms. The Labute approximate surface area is 147 Å². The number of alkyl halides is 3. The third-order valence-electron chi connectivity index (χ3n) is 4.40. The van der Waals surface area contributed by atoms with Crippen LogP contribution in [0.1, 0.15) is 18.4 Å². The van der Waals surface area contributed by atoms with Crippen LogP contribution in [-0.4, -0.2) is 41.0 Å². The number of phenols is 1. The maximum absolute atomic E-state index is 13.1. The number of phenolic OH excluding ortho intramolecular Hbond substituents is 1. The van der Waals surface area contributed by atoms with Crippen molar-refractivity contribution in [3.63, 3.8) is 0 Å². The zero-order chi connectivity index (χ0) is 18.0. The van der Waals surface area contributed by atoms with Crippen LogP contribution in [0.4, 0.5) is 19.0 Å². The minimum Gasteiger partial charge on any atom is -0.506 e. The predicted molar refractivity (Wildman–Crippen MR) is 92.7 cm³/mol. The van der Waals surface area contributed by atoms with Gasteiger partial charge in [-0.25, -0.2) is 9.97 Å². The van der Waals surface area contributed by atoms with E-state index in [4.69, 9.17) is 0 Å². The molecular formula is C16H19F3N4OS. The van der Waals surface area contributed by atoms with Crippen LogP contribution in [0.25, 0.3) is 10.9 Å². The van der Waals surface area contributed by atoms with Crippen molar-refractivity contribution in [3.8, 4) is 5.75 Å². The van der Waals surface area contributed by atoms with Crippen LogP contribution >= 0.6 is 11.9 Å². The molecule has 0 spiro atoms. The number of rotatable bonds is 4. The summed E-state index contributed by atoms with van der Waals surface area (Å²) < 4.78 is 42.6. The van der Waals surface area contributed by atoms with E-state index in [-0.39, 0.29) is 5.39 Å². The number of fused-ring (bicyclic) bond motifs is 1. The zero-order valence-corrected chi connectivity index (χ0v) is 14.5. The number of piperidine rings is 1. The summed E-state index contributed by atoms with van der Waals surface area (Å²) >= 11 is 1.54. The summed E-state index contributed by atoms with van der Waals surface area (Å²) in [6.45, 7) is 2.19. The van der Waals surface area contributed by atoms with Crippen LogP contribution in [0, 0.1) is 5.92 Å². The Morgan fingerprint density at radius 1 is 1.36 bits per heavy atom. The van der Waals surface area contributed by atoms with Gasteiger partial charge >= 0.3 is 6.18 Å². The average Bonchev–Trinajstić information content (AvgIpc) is 2.59. The third-order valence-corrected chi connectivity index (χ3v) is 4.85. The standard InChI is InChI=1S/C16H19F3N4OS/c1-25-22-7-10-3-2-6-23(8-10)15-13-12(20-9-21-15)5-4-11(14(13)24)16(17,18)19/h4-5,9-10,22,24H,2-3,6-8H2,1H3. The van der Waals surface area contributed by atoms with Crippen molar-refractivity contribution >= 4 is 28.7 Å². The largest absolute Gasteiger partial charge is 0.506 e. The number of anilines is 1. The molecule has 0 aliphatic carbocycles. The minimum absolute atomic E-state index is 0.0656. The van der Waals surface area contributed by atoms with Gasteiger partial charge in [-0.1, -0.05) is 11.9 Å². The summed E-state index contributed by atoms with van der Waals surface area (Å²) in [5.74, 6) is -0.0634. The van der Waals surface area contributed by atoms with Gasteiger partial charge in [-0.05, 0) is 37.1 Å². The maximum Gasteiger partial charge on any atom is 0.419 e. The molecule has 1 fully saturated rings. The SMILES string of the molecule is CSNCC1CCCN(c2ncnc3ccc(C(F)(F)F)c(O)c23)C1. The number of hydrogen-bond acceptors (Lipinski definition) is 6. The molecule has 0 bridgehead atoms. The van der Waals surface area contributed by atoms with Gasteiger partial charge in [-0.3, -0.25) is 4.72 Å². The highest BCUT2D eigenvalue weighted by atomic mass is 32.2. The molecule has 1 aromatic carbocycles. The first-order chi connectivity index (χ1) is 11.9. The number of aromatic nitrogens is 2. The van der Waals surface area contributed by atoms with Gasteiger partial charge in [0.25, 0.3) is 0 Å². The van der Waals surface area contributed by atoms with Crippen molar-refractivity contribution in [1.82, 2.24) is 14.7 Å². The molecule has 2 N–H and O–H groups in total. The number of aromatic hydroxyl groups is 1. The van der Waals surface area contributed by atoms with Gasteiger partial charge in [0.2, 0.25) is 0 Å². The van der Waals surface area contributed by atoms with E-state index in [1.807, 2.05) is 11.2 Å². The second-order valence-corrected chi connectivity index (χ2v) is 6.75. The molecule has 1 aromatic heterocycles. The summed E-state index contributed by atoms with van der Waals surface area (Å²) in [5.41, 5.74) is -0.756. The van der Waals surface area contributed by atoms with Crippen LogP contribution < -0.4 is 9.62 Å². The van der Waals surface area contributed by atoms with Crippen molar-refractivity contribution in [1.29, 1.82) is 0 Å². The fraction of sp³-hybridized carbons (Fsp3) is 0.500. The van der Waals surface area contributed by atoms with Gasteiger partial charge in [0.05, 0.1) is 16.5 Å². The molecule has 1 aliphatic rings. The fourth-order valence-electron chi connectivity index (χ4n) is 3.21. The van der Waals surface area contributed by atoms with E-state index in [9.17, 15) is 18.3 Å². The van der Waals surface area contributed by atoms with Gasteiger partial charge in [0, 0.05) is 19.6 Å². The van der Waals surface area contributed by atoms with E-state index in [2.05, 4.69) is 14.7 Å². The Morgan fingerprint density at radius 2 is 2.16 bits per heavy atom. The van der Waals surface area contributed by atoms with Gasteiger partial charge in [0.1, 0.15) is 17.9 Å². The van der Waals surface area contributed by atoms with E-state index in [0.717, 1.165) is 25.5 Å². The van der Waals surface area contributed by atoms with Crippen LogP contribution in [0.2, 0.25) is 0 Å². The lowest BCUT2D eigenvalue weighted by molar-refractivity contribution is -0.138. The molecule has 1 unspecified atom stereocenters. The molecule has 25 heavy (non-hydrogen) atoms. The molecule has 0 saturated carbocycles. The Kier molecular flexibility index (Phi) is 5.24. The van der Waals surface area contributed by atoms with Gasteiger partial charge in [-0.2, -0.15) is 13.2 Å². The van der Waals surface area contributed by atoms with Crippen LogP contribution in [0.5, 0.6) is 5.75 Å². The number of halogens is 3. The first-order valence-corrected chi connectivity index (χ1v) is 9.19. The Hall–Kier alpha value is -1.74. The molecule has 1 atom stereocenters. The monoisotopic (exact) mass is 372 g/mol. The predicted octanol–water partition coefficient (Wildman–Crippen LogP) is 3.44.